The van der Waals surface area contributed by atoms with Gasteiger partial charge in [0.15, 0.2) is 0 Å². The first kappa shape index (κ1) is 13.4. The van der Waals surface area contributed by atoms with Crippen molar-refractivity contribution in [2.75, 3.05) is 14.2 Å². The number of hydrogen-bond acceptors (Lipinski definition) is 4. The number of likely N-dealkylation sites (N-methyl/N-ethyl adjacent to an activating group) is 1. The van der Waals surface area contributed by atoms with Crippen LogP contribution in [0, 0.1) is 0 Å². The summed E-state index contributed by atoms with van der Waals surface area (Å²) in [6.07, 6.45) is 1.74. The van der Waals surface area contributed by atoms with Crippen molar-refractivity contribution >= 4 is 51.9 Å². The van der Waals surface area contributed by atoms with Gasteiger partial charge in [-0.05, 0) is 24.3 Å². The molecule has 0 unspecified atom stereocenters. The van der Waals surface area contributed by atoms with E-state index in [0.717, 1.165) is 5.56 Å². The van der Waals surface area contributed by atoms with Crippen LogP contribution in [0.25, 0.3) is 6.08 Å². The molecule has 2 rings (SSSR count). The van der Waals surface area contributed by atoms with Crippen molar-refractivity contribution in [2.45, 2.75) is 0 Å². The van der Waals surface area contributed by atoms with Gasteiger partial charge in [0.05, 0.1) is 12.0 Å². The van der Waals surface area contributed by atoms with Gasteiger partial charge in [-0.2, -0.15) is 0 Å². The van der Waals surface area contributed by atoms with Gasteiger partial charge in [-0.3, -0.25) is 9.69 Å². The minimum absolute atomic E-state index is 0.105. The Morgan fingerprint density at radius 1 is 1.50 bits per heavy atom. The molecule has 1 amide bonds. The van der Waals surface area contributed by atoms with Gasteiger partial charge in [-0.25, -0.2) is 0 Å². The number of amides is 1. The molecule has 0 aromatic heterocycles. The molecule has 1 heterocycles. The first-order valence-electron chi connectivity index (χ1n) is 5.08. The lowest BCUT2D eigenvalue weighted by Gasteiger charge is -2.06. The molecule has 1 saturated heterocycles. The molecule has 1 aromatic rings. The van der Waals surface area contributed by atoms with Crippen molar-refractivity contribution in [3.63, 3.8) is 0 Å². The van der Waals surface area contributed by atoms with Gasteiger partial charge in [0.2, 0.25) is 0 Å². The highest BCUT2D eigenvalue weighted by Gasteiger charge is 2.28. The average molecular weight is 300 g/mol. The predicted molar refractivity (Wildman–Crippen MR) is 78.9 cm³/mol. The molecule has 0 radical (unpaired) electrons. The van der Waals surface area contributed by atoms with Crippen LogP contribution < -0.4 is 4.74 Å². The van der Waals surface area contributed by atoms with Crippen molar-refractivity contribution in [1.82, 2.24) is 4.90 Å². The number of methoxy groups -OCH3 is 1. The molecule has 6 heteroatoms. The van der Waals surface area contributed by atoms with Crippen molar-refractivity contribution in [2.24, 2.45) is 0 Å². The number of thioether (sulfide) groups is 1. The van der Waals surface area contributed by atoms with E-state index in [9.17, 15) is 4.79 Å². The molecule has 0 saturated carbocycles. The van der Waals surface area contributed by atoms with E-state index >= 15 is 0 Å². The first-order valence-corrected chi connectivity index (χ1v) is 6.68. The van der Waals surface area contributed by atoms with E-state index in [2.05, 4.69) is 0 Å². The summed E-state index contributed by atoms with van der Waals surface area (Å²) in [6, 6.07) is 5.26. The minimum atomic E-state index is -0.105. The second kappa shape index (κ2) is 5.30. The zero-order chi connectivity index (χ0) is 13.3. The topological polar surface area (TPSA) is 29.5 Å². The number of carbonyl (C=O) groups excluding carboxylic acids is 1. The van der Waals surface area contributed by atoms with E-state index in [1.165, 1.54) is 16.7 Å². The van der Waals surface area contributed by atoms with Crippen LogP contribution in [-0.2, 0) is 4.79 Å². The lowest BCUT2D eigenvalue weighted by molar-refractivity contribution is -0.121. The van der Waals surface area contributed by atoms with Gasteiger partial charge >= 0.3 is 0 Å². The molecule has 94 valence electrons. The molecular weight excluding hydrogens is 290 g/mol. The molecule has 1 aliphatic rings. The summed E-state index contributed by atoms with van der Waals surface area (Å²) < 4.78 is 5.78. The van der Waals surface area contributed by atoms with E-state index in [1.54, 1.807) is 38.4 Å². The third-order valence-corrected chi connectivity index (χ3v) is 4.18. The number of halogens is 1. The van der Waals surface area contributed by atoms with Gasteiger partial charge in [0.25, 0.3) is 5.91 Å². The monoisotopic (exact) mass is 299 g/mol. The SMILES string of the molecule is COc1ccc(Cl)cc1/C=C1\SC(=S)N(C)C1=O. The largest absolute Gasteiger partial charge is 0.496 e. The normalized spacial score (nSPS) is 17.7. The Kier molecular flexibility index (Phi) is 3.94. The van der Waals surface area contributed by atoms with E-state index in [1.807, 2.05) is 0 Å². The van der Waals surface area contributed by atoms with Crippen LogP contribution in [0.5, 0.6) is 5.75 Å². The third kappa shape index (κ3) is 2.53. The van der Waals surface area contributed by atoms with Crippen LogP contribution in [-0.4, -0.2) is 29.3 Å². The fraction of sp³-hybridized carbons (Fsp3) is 0.167. The number of carbonyl (C=O) groups is 1. The molecule has 1 aliphatic heterocycles. The Morgan fingerprint density at radius 3 is 2.78 bits per heavy atom. The van der Waals surface area contributed by atoms with Crippen LogP contribution >= 0.6 is 35.6 Å². The maximum absolute atomic E-state index is 11.9. The van der Waals surface area contributed by atoms with Crippen LogP contribution in [0.15, 0.2) is 23.1 Å². The molecule has 1 fully saturated rings. The summed E-state index contributed by atoms with van der Waals surface area (Å²) >= 11 is 12.3. The molecule has 0 bridgehead atoms. The van der Waals surface area contributed by atoms with E-state index in [4.69, 9.17) is 28.6 Å². The number of nitrogens with zero attached hydrogens (tertiary/aromatic N) is 1. The molecule has 1 aromatic carbocycles. The highest BCUT2D eigenvalue weighted by molar-refractivity contribution is 8.26. The molecule has 0 aliphatic carbocycles. The first-order chi connectivity index (χ1) is 8.52. The van der Waals surface area contributed by atoms with Gasteiger partial charge in [-0.1, -0.05) is 35.6 Å². The van der Waals surface area contributed by atoms with Gasteiger partial charge in [0.1, 0.15) is 10.1 Å². The van der Waals surface area contributed by atoms with Crippen LogP contribution in [0.1, 0.15) is 5.56 Å². The maximum atomic E-state index is 11.9. The summed E-state index contributed by atoms with van der Waals surface area (Å²) in [6.45, 7) is 0. The number of thiocarbonyl (C=S) groups is 1. The number of rotatable bonds is 2. The summed E-state index contributed by atoms with van der Waals surface area (Å²) in [5, 5.41) is 0.592. The number of ether oxygens (including phenoxy) is 1. The number of hydrogen-bond donors (Lipinski definition) is 0. The van der Waals surface area contributed by atoms with Gasteiger partial charge in [-0.15, -0.1) is 0 Å². The molecule has 0 atom stereocenters. The fourth-order valence-electron chi connectivity index (χ4n) is 1.50. The van der Waals surface area contributed by atoms with Crippen molar-refractivity contribution in [3.05, 3.63) is 33.7 Å². The number of benzene rings is 1. The minimum Gasteiger partial charge on any atom is -0.496 e. The van der Waals surface area contributed by atoms with E-state index in [0.29, 0.717) is 20.0 Å². The van der Waals surface area contributed by atoms with Crippen LogP contribution in [0.4, 0.5) is 0 Å². The summed E-state index contributed by atoms with van der Waals surface area (Å²) in [5.74, 6) is 0.563. The van der Waals surface area contributed by atoms with Gasteiger partial charge < -0.3 is 4.74 Å². The second-order valence-electron chi connectivity index (χ2n) is 3.63. The smallest absolute Gasteiger partial charge is 0.265 e. The quantitative estimate of drug-likeness (QED) is 0.620. The van der Waals surface area contributed by atoms with Gasteiger partial charge in [0, 0.05) is 17.6 Å². The average Bonchev–Trinajstić information content (AvgIpc) is 2.57. The lowest BCUT2D eigenvalue weighted by atomic mass is 10.2. The van der Waals surface area contributed by atoms with Crippen molar-refractivity contribution in [3.8, 4) is 5.75 Å². The third-order valence-electron chi connectivity index (χ3n) is 2.46. The zero-order valence-electron chi connectivity index (χ0n) is 9.77. The highest BCUT2D eigenvalue weighted by atomic mass is 35.5. The lowest BCUT2D eigenvalue weighted by Crippen LogP contribution is -2.22. The summed E-state index contributed by atoms with van der Waals surface area (Å²) in [7, 11) is 3.24. The molecule has 0 spiro atoms. The van der Waals surface area contributed by atoms with Crippen molar-refractivity contribution < 1.29 is 9.53 Å². The summed E-state index contributed by atoms with van der Waals surface area (Å²) in [5.41, 5.74) is 0.763. The Bertz CT molecular complexity index is 557. The summed E-state index contributed by atoms with van der Waals surface area (Å²) in [4.78, 5) is 13.9. The Labute approximate surface area is 120 Å². The van der Waals surface area contributed by atoms with Crippen LogP contribution in [0.3, 0.4) is 0 Å². The molecule has 3 nitrogen and oxygen atoms in total. The molecular formula is C12H10ClNO2S2. The Balaban J connectivity index is 2.42. The molecule has 0 N–H and O–H groups in total. The zero-order valence-corrected chi connectivity index (χ0v) is 12.2. The fourth-order valence-corrected chi connectivity index (χ4v) is 2.86. The van der Waals surface area contributed by atoms with E-state index in [-0.39, 0.29) is 5.91 Å². The van der Waals surface area contributed by atoms with E-state index < -0.39 is 0 Å². The standard InChI is InChI=1S/C12H10ClNO2S2/c1-14-11(15)10(18-12(14)17)6-7-5-8(13)3-4-9(7)16-2/h3-6H,1-2H3/b10-6-. The molecule has 18 heavy (non-hydrogen) atoms. The van der Waals surface area contributed by atoms with Crippen molar-refractivity contribution in [1.29, 1.82) is 0 Å². The van der Waals surface area contributed by atoms with Crippen LogP contribution in [0.2, 0.25) is 5.02 Å². The second-order valence-corrected chi connectivity index (χ2v) is 5.74. The predicted octanol–water partition coefficient (Wildman–Crippen LogP) is 3.18. The highest BCUT2D eigenvalue weighted by Crippen LogP contribution is 2.33. The Hall–Kier alpha value is -1.04. The Morgan fingerprint density at radius 2 is 2.22 bits per heavy atom. The maximum Gasteiger partial charge on any atom is 0.265 e.